The number of esters is 2. The first-order chi connectivity index (χ1) is 26.3. The van der Waals surface area contributed by atoms with Gasteiger partial charge in [-0.15, -0.1) is 0 Å². The van der Waals surface area contributed by atoms with Gasteiger partial charge >= 0.3 is 19.8 Å². The number of allylic oxidation sites excluding steroid dienone is 4. The molecule has 0 heterocycles. The van der Waals surface area contributed by atoms with Crippen molar-refractivity contribution in [3.05, 3.63) is 24.3 Å². The van der Waals surface area contributed by atoms with Gasteiger partial charge < -0.3 is 20.1 Å². The van der Waals surface area contributed by atoms with Crippen LogP contribution in [0, 0.1) is 0 Å². The van der Waals surface area contributed by atoms with E-state index in [1.165, 1.54) is 128 Å². The molecular formula is C44H84NO8P. The summed E-state index contributed by atoms with van der Waals surface area (Å²) in [4.78, 5) is 34.9. The predicted molar refractivity (Wildman–Crippen MR) is 224 cm³/mol. The summed E-state index contributed by atoms with van der Waals surface area (Å²) in [5.41, 5.74) is 5.35. The van der Waals surface area contributed by atoms with Crippen LogP contribution in [0.15, 0.2) is 24.3 Å². The molecule has 54 heavy (non-hydrogen) atoms. The molecule has 0 aromatic heterocycles. The summed E-state index contributed by atoms with van der Waals surface area (Å²) in [6, 6.07) is 0. The van der Waals surface area contributed by atoms with Crippen LogP contribution in [0.2, 0.25) is 0 Å². The summed E-state index contributed by atoms with van der Waals surface area (Å²) in [7, 11) is -4.37. The van der Waals surface area contributed by atoms with Crippen LogP contribution >= 0.6 is 7.82 Å². The van der Waals surface area contributed by atoms with Crippen molar-refractivity contribution in [2.24, 2.45) is 5.73 Å². The van der Waals surface area contributed by atoms with Gasteiger partial charge in [-0.3, -0.25) is 18.6 Å². The standard InChI is InChI=1S/C44H84NO8P/c1-3-5-7-9-11-13-15-17-19-21-23-24-26-28-30-32-34-36-43(46)50-40-42(41-52-54(48,49)51-39-38-45)53-44(47)37-35-33-31-29-27-25-22-20-18-16-14-12-10-8-6-4-2/h11,13,17,19,42H,3-10,12,14-16,18,20-41,45H2,1-2H3,(H,48,49)/b13-11+,19-17+/t42-/m1/s1. The number of nitrogens with two attached hydrogens (primary N) is 1. The predicted octanol–water partition coefficient (Wildman–Crippen LogP) is 12.8. The van der Waals surface area contributed by atoms with Crippen molar-refractivity contribution in [1.29, 1.82) is 0 Å². The van der Waals surface area contributed by atoms with Gasteiger partial charge in [0.25, 0.3) is 0 Å². The van der Waals surface area contributed by atoms with Gasteiger partial charge in [-0.2, -0.15) is 0 Å². The van der Waals surface area contributed by atoms with Crippen LogP contribution in [0.5, 0.6) is 0 Å². The zero-order chi connectivity index (χ0) is 39.6. The van der Waals surface area contributed by atoms with Gasteiger partial charge in [0.05, 0.1) is 13.2 Å². The molecule has 0 saturated carbocycles. The highest BCUT2D eigenvalue weighted by Crippen LogP contribution is 2.43. The minimum atomic E-state index is -4.37. The van der Waals surface area contributed by atoms with Gasteiger partial charge in [0.15, 0.2) is 6.10 Å². The van der Waals surface area contributed by atoms with Crippen LogP contribution in [0.4, 0.5) is 0 Å². The fourth-order valence-corrected chi connectivity index (χ4v) is 7.02. The van der Waals surface area contributed by atoms with E-state index in [-0.39, 0.29) is 38.6 Å². The van der Waals surface area contributed by atoms with Crippen molar-refractivity contribution < 1.29 is 37.6 Å². The molecule has 0 aliphatic carbocycles. The number of carbonyl (C=O) groups is 2. The van der Waals surface area contributed by atoms with E-state index in [1.807, 2.05) is 0 Å². The van der Waals surface area contributed by atoms with Crippen molar-refractivity contribution in [2.75, 3.05) is 26.4 Å². The summed E-state index contributed by atoms with van der Waals surface area (Å²) in [6.07, 6.45) is 43.4. The molecule has 0 saturated heterocycles. The molecule has 0 spiro atoms. The number of hydrogen-bond donors (Lipinski definition) is 2. The summed E-state index contributed by atoms with van der Waals surface area (Å²) in [6.45, 7) is 3.72. The average molecular weight is 786 g/mol. The molecule has 0 aromatic rings. The lowest BCUT2D eigenvalue weighted by molar-refractivity contribution is -0.161. The third kappa shape index (κ3) is 40.2. The van der Waals surface area contributed by atoms with E-state index in [4.69, 9.17) is 24.3 Å². The molecule has 10 heteroatoms. The molecule has 9 nitrogen and oxygen atoms in total. The number of rotatable bonds is 42. The maximum atomic E-state index is 12.6. The lowest BCUT2D eigenvalue weighted by Gasteiger charge is -2.19. The Kier molecular flexibility index (Phi) is 40.0. The number of ether oxygens (including phenoxy) is 2. The summed E-state index contributed by atoms with van der Waals surface area (Å²) in [5.74, 6) is -0.829. The third-order valence-corrected chi connectivity index (χ3v) is 10.6. The Morgan fingerprint density at radius 1 is 0.556 bits per heavy atom. The van der Waals surface area contributed by atoms with Crippen molar-refractivity contribution in [1.82, 2.24) is 0 Å². The highest BCUT2D eigenvalue weighted by atomic mass is 31.2. The zero-order valence-corrected chi connectivity index (χ0v) is 35.9. The third-order valence-electron chi connectivity index (χ3n) is 9.59. The number of phosphoric acid groups is 1. The van der Waals surface area contributed by atoms with E-state index in [2.05, 4.69) is 38.2 Å². The number of hydrogen-bond acceptors (Lipinski definition) is 8. The van der Waals surface area contributed by atoms with Crippen LogP contribution < -0.4 is 5.73 Å². The van der Waals surface area contributed by atoms with Crippen LogP contribution in [-0.4, -0.2) is 49.3 Å². The maximum absolute atomic E-state index is 12.6. The molecule has 0 amide bonds. The lowest BCUT2D eigenvalue weighted by Crippen LogP contribution is -2.29. The molecule has 2 atom stereocenters. The molecule has 0 aliphatic rings. The van der Waals surface area contributed by atoms with Gasteiger partial charge in [-0.1, -0.05) is 179 Å². The van der Waals surface area contributed by atoms with E-state index in [0.717, 1.165) is 51.4 Å². The average Bonchev–Trinajstić information content (AvgIpc) is 3.16. The van der Waals surface area contributed by atoms with Crippen molar-refractivity contribution in [2.45, 2.75) is 219 Å². The second kappa shape index (κ2) is 41.1. The first-order valence-corrected chi connectivity index (χ1v) is 23.8. The van der Waals surface area contributed by atoms with Crippen molar-refractivity contribution in [3.8, 4) is 0 Å². The van der Waals surface area contributed by atoms with E-state index < -0.39 is 26.5 Å². The quantitative estimate of drug-likeness (QED) is 0.0268. The van der Waals surface area contributed by atoms with E-state index in [9.17, 15) is 19.0 Å². The van der Waals surface area contributed by atoms with E-state index >= 15 is 0 Å². The molecule has 0 aromatic carbocycles. The molecule has 0 fully saturated rings. The Morgan fingerprint density at radius 3 is 1.44 bits per heavy atom. The molecule has 0 bridgehead atoms. The number of carbonyl (C=O) groups excluding carboxylic acids is 2. The largest absolute Gasteiger partial charge is 0.472 e. The van der Waals surface area contributed by atoms with Gasteiger partial charge in [0, 0.05) is 19.4 Å². The molecule has 1 unspecified atom stereocenters. The molecule has 3 N–H and O–H groups in total. The van der Waals surface area contributed by atoms with E-state index in [1.54, 1.807) is 0 Å². The Hall–Kier alpha value is -1.51. The highest BCUT2D eigenvalue weighted by molar-refractivity contribution is 7.47. The molecule has 318 valence electrons. The van der Waals surface area contributed by atoms with Gasteiger partial charge in [0.2, 0.25) is 0 Å². The van der Waals surface area contributed by atoms with Crippen LogP contribution in [0.25, 0.3) is 0 Å². The molecule has 0 aliphatic heterocycles. The Bertz CT molecular complexity index is 944. The lowest BCUT2D eigenvalue weighted by atomic mass is 10.0. The second-order valence-electron chi connectivity index (χ2n) is 14.9. The van der Waals surface area contributed by atoms with Gasteiger partial charge in [-0.05, 0) is 44.9 Å². The smallest absolute Gasteiger partial charge is 0.462 e. The summed E-state index contributed by atoms with van der Waals surface area (Å²) in [5, 5.41) is 0. The minimum Gasteiger partial charge on any atom is -0.462 e. The van der Waals surface area contributed by atoms with Crippen LogP contribution in [-0.2, 0) is 32.7 Å². The maximum Gasteiger partial charge on any atom is 0.472 e. The Labute approximate surface area is 332 Å². The first kappa shape index (κ1) is 52.5. The van der Waals surface area contributed by atoms with E-state index in [0.29, 0.717) is 6.42 Å². The molecule has 0 radical (unpaired) electrons. The fraction of sp³-hybridized carbons (Fsp3) is 0.864. The fourth-order valence-electron chi connectivity index (χ4n) is 6.25. The van der Waals surface area contributed by atoms with Crippen LogP contribution in [0.1, 0.15) is 213 Å². The monoisotopic (exact) mass is 786 g/mol. The number of unbranched alkanes of at least 4 members (excludes halogenated alkanes) is 25. The van der Waals surface area contributed by atoms with Crippen molar-refractivity contribution in [3.63, 3.8) is 0 Å². The SMILES string of the molecule is CCCCC/C=C/C/C=C/CCCCCCCCCC(=O)OC[C@H](COP(=O)(O)OCCN)OC(=O)CCCCCCCCCCCCCCCCCC. The normalized spacial score (nSPS) is 13.5. The first-order valence-electron chi connectivity index (χ1n) is 22.3. The van der Waals surface area contributed by atoms with Crippen LogP contribution in [0.3, 0.4) is 0 Å². The molecule has 0 rings (SSSR count). The summed E-state index contributed by atoms with van der Waals surface area (Å²) >= 11 is 0. The molecular weight excluding hydrogens is 701 g/mol. The minimum absolute atomic E-state index is 0.0540. The number of phosphoric ester groups is 1. The highest BCUT2D eigenvalue weighted by Gasteiger charge is 2.26. The Balaban J connectivity index is 4.12. The van der Waals surface area contributed by atoms with Crippen molar-refractivity contribution >= 4 is 19.8 Å². The Morgan fingerprint density at radius 2 is 0.963 bits per heavy atom. The van der Waals surface area contributed by atoms with Gasteiger partial charge in [-0.25, -0.2) is 4.57 Å². The second-order valence-corrected chi connectivity index (χ2v) is 16.4. The zero-order valence-electron chi connectivity index (χ0n) is 35.0. The topological polar surface area (TPSA) is 134 Å². The summed E-state index contributed by atoms with van der Waals surface area (Å²) < 4.78 is 32.8. The van der Waals surface area contributed by atoms with Gasteiger partial charge in [0.1, 0.15) is 6.61 Å².